The first-order chi connectivity index (χ1) is 6.35. The molecule has 0 bridgehead atoms. The maximum Gasteiger partial charge on any atom is 0.331 e. The van der Waals surface area contributed by atoms with Crippen LogP contribution in [0.3, 0.4) is 0 Å². The van der Waals surface area contributed by atoms with E-state index in [0.717, 1.165) is 17.8 Å². The molecular formula is C7H14N4O2S. The number of carbonyl (C=O) groups is 1. The Morgan fingerprint density at radius 2 is 2.14 bits per heavy atom. The largest absolute Gasteiger partial charge is 0.478 e. The van der Waals surface area contributed by atoms with Gasteiger partial charge in [0.25, 0.3) is 0 Å². The summed E-state index contributed by atoms with van der Waals surface area (Å²) in [6, 6.07) is 0. The maximum absolute atomic E-state index is 10.4. The molecule has 0 amide bonds. The summed E-state index contributed by atoms with van der Waals surface area (Å²) in [5, 5.41) is 7.15. The fraction of sp³-hybridized carbons (Fsp3) is 0.429. The smallest absolute Gasteiger partial charge is 0.331 e. The SMILES string of the molecule is CC/C=N\C(=C\C(=O)O)SC(N)(N)N. The molecule has 0 aromatic heterocycles. The van der Waals surface area contributed by atoms with E-state index in [1.165, 1.54) is 0 Å². The highest BCUT2D eigenvalue weighted by Gasteiger charge is 2.15. The number of nitrogens with two attached hydrogens (primary N) is 3. The first kappa shape index (κ1) is 13.1. The minimum Gasteiger partial charge on any atom is -0.478 e. The number of hydrogen-bond donors (Lipinski definition) is 4. The van der Waals surface area contributed by atoms with Gasteiger partial charge in [-0.05, 0) is 6.42 Å². The average molecular weight is 218 g/mol. The molecule has 0 aliphatic carbocycles. The van der Waals surface area contributed by atoms with Crippen molar-refractivity contribution in [2.45, 2.75) is 18.5 Å². The van der Waals surface area contributed by atoms with Gasteiger partial charge < -0.3 is 5.11 Å². The van der Waals surface area contributed by atoms with Crippen LogP contribution in [0.2, 0.25) is 0 Å². The number of rotatable bonds is 5. The lowest BCUT2D eigenvalue weighted by molar-refractivity contribution is -0.131. The summed E-state index contributed by atoms with van der Waals surface area (Å²) in [7, 11) is 0. The summed E-state index contributed by atoms with van der Waals surface area (Å²) >= 11 is 0.786. The molecule has 0 atom stereocenters. The van der Waals surface area contributed by atoms with E-state index in [-0.39, 0.29) is 5.03 Å². The molecule has 0 fully saturated rings. The van der Waals surface area contributed by atoms with Gasteiger partial charge in [-0.15, -0.1) is 0 Å². The van der Waals surface area contributed by atoms with Crippen LogP contribution in [0.4, 0.5) is 0 Å². The van der Waals surface area contributed by atoms with Crippen LogP contribution >= 0.6 is 11.8 Å². The fourth-order valence-electron chi connectivity index (χ4n) is 0.561. The number of hydrogen-bond acceptors (Lipinski definition) is 6. The predicted molar refractivity (Wildman–Crippen MR) is 57.4 cm³/mol. The van der Waals surface area contributed by atoms with Crippen LogP contribution < -0.4 is 17.2 Å². The minimum absolute atomic E-state index is 0.173. The monoisotopic (exact) mass is 218 g/mol. The Labute approximate surface area is 86.2 Å². The van der Waals surface area contributed by atoms with Crippen LogP contribution in [0.25, 0.3) is 0 Å². The standard InChI is InChI=1S/C7H14N4O2S/c1-2-3-11-5(4-6(12)13)14-7(8,9)10/h3-4H,2,8-10H2,1H3,(H,12,13)/b5-4-,11-3-. The summed E-state index contributed by atoms with van der Waals surface area (Å²) in [4.78, 5) is 14.2. The Hall–Kier alpha value is -0.890. The second-order valence-corrected chi connectivity index (χ2v) is 3.83. The number of carboxylic acids is 1. The van der Waals surface area contributed by atoms with Gasteiger partial charge in [0.15, 0.2) is 5.12 Å². The van der Waals surface area contributed by atoms with Crippen molar-refractivity contribution in [2.24, 2.45) is 22.2 Å². The van der Waals surface area contributed by atoms with E-state index < -0.39 is 11.1 Å². The third-order valence-corrected chi connectivity index (χ3v) is 1.72. The summed E-state index contributed by atoms with van der Waals surface area (Å²) < 4.78 is 0. The van der Waals surface area contributed by atoms with E-state index in [2.05, 4.69) is 4.99 Å². The molecule has 14 heavy (non-hydrogen) atoms. The van der Waals surface area contributed by atoms with E-state index in [9.17, 15) is 4.79 Å². The fourth-order valence-corrected chi connectivity index (χ4v) is 1.21. The number of aliphatic carboxylic acids is 1. The molecule has 6 nitrogen and oxygen atoms in total. The highest BCUT2D eigenvalue weighted by Crippen LogP contribution is 2.21. The second-order valence-electron chi connectivity index (χ2n) is 2.50. The molecule has 0 aromatic rings. The van der Waals surface area contributed by atoms with Crippen LogP contribution in [-0.4, -0.2) is 22.4 Å². The van der Waals surface area contributed by atoms with Crippen LogP contribution in [-0.2, 0) is 4.79 Å². The Balaban J connectivity index is 4.57. The Kier molecular flexibility index (Phi) is 5.39. The molecule has 0 aliphatic rings. The van der Waals surface area contributed by atoms with Gasteiger partial charge in [-0.2, -0.15) is 0 Å². The van der Waals surface area contributed by atoms with E-state index in [0.29, 0.717) is 6.42 Å². The minimum atomic E-state index is -1.52. The first-order valence-corrected chi connectivity index (χ1v) is 4.69. The van der Waals surface area contributed by atoms with E-state index in [1.807, 2.05) is 6.92 Å². The third kappa shape index (κ3) is 7.74. The number of aliphatic imine (C=N–C) groups is 1. The quantitative estimate of drug-likeness (QED) is 0.283. The van der Waals surface area contributed by atoms with Crippen molar-refractivity contribution in [1.82, 2.24) is 0 Å². The van der Waals surface area contributed by atoms with E-state index in [1.54, 1.807) is 6.21 Å². The van der Waals surface area contributed by atoms with Crippen molar-refractivity contribution in [1.29, 1.82) is 0 Å². The molecule has 0 saturated heterocycles. The zero-order valence-electron chi connectivity index (χ0n) is 7.80. The van der Waals surface area contributed by atoms with Crippen molar-refractivity contribution >= 4 is 23.9 Å². The highest BCUT2D eigenvalue weighted by atomic mass is 32.2. The number of thioether (sulfide) groups is 1. The van der Waals surface area contributed by atoms with Gasteiger partial charge in [0.05, 0.1) is 6.08 Å². The third-order valence-electron chi connectivity index (χ3n) is 0.929. The van der Waals surface area contributed by atoms with Gasteiger partial charge in [0.1, 0.15) is 5.03 Å². The van der Waals surface area contributed by atoms with Crippen molar-refractivity contribution < 1.29 is 9.90 Å². The van der Waals surface area contributed by atoms with Gasteiger partial charge in [-0.25, -0.2) is 4.79 Å². The average Bonchev–Trinajstić information content (AvgIpc) is 1.96. The first-order valence-electron chi connectivity index (χ1n) is 3.88. The predicted octanol–water partition coefficient (Wildman–Crippen LogP) is -0.386. The zero-order valence-corrected chi connectivity index (χ0v) is 8.62. The topological polar surface area (TPSA) is 128 Å². The Morgan fingerprint density at radius 3 is 2.50 bits per heavy atom. The summed E-state index contributed by atoms with van der Waals surface area (Å²) in [6.07, 6.45) is 3.13. The molecule has 7 N–H and O–H groups in total. The molecule has 0 heterocycles. The lowest BCUT2D eigenvalue weighted by atomic mass is 10.5. The van der Waals surface area contributed by atoms with Gasteiger partial charge in [0.2, 0.25) is 0 Å². The lowest BCUT2D eigenvalue weighted by Gasteiger charge is -2.16. The Morgan fingerprint density at radius 1 is 1.57 bits per heavy atom. The van der Waals surface area contributed by atoms with Gasteiger partial charge in [0, 0.05) is 6.21 Å². The maximum atomic E-state index is 10.4. The number of nitrogens with zero attached hydrogens (tertiary/aromatic N) is 1. The Bertz CT molecular complexity index is 257. The van der Waals surface area contributed by atoms with Crippen LogP contribution in [0, 0.1) is 0 Å². The van der Waals surface area contributed by atoms with E-state index >= 15 is 0 Å². The van der Waals surface area contributed by atoms with Gasteiger partial charge >= 0.3 is 5.97 Å². The van der Waals surface area contributed by atoms with Gasteiger partial charge in [-0.1, -0.05) is 18.7 Å². The van der Waals surface area contributed by atoms with Crippen molar-refractivity contribution in [3.8, 4) is 0 Å². The van der Waals surface area contributed by atoms with Gasteiger partial charge in [-0.3, -0.25) is 22.2 Å². The summed E-state index contributed by atoms with van der Waals surface area (Å²) in [5.74, 6) is -1.12. The molecule has 0 radical (unpaired) electrons. The van der Waals surface area contributed by atoms with Crippen LogP contribution in [0.1, 0.15) is 13.3 Å². The molecule has 0 aliphatic heterocycles. The second kappa shape index (κ2) is 5.76. The molecule has 0 aromatic carbocycles. The molecule has 0 spiro atoms. The summed E-state index contributed by atoms with van der Waals surface area (Å²) in [6.45, 7) is 1.87. The molecular weight excluding hydrogens is 204 g/mol. The van der Waals surface area contributed by atoms with Crippen molar-refractivity contribution in [3.05, 3.63) is 11.1 Å². The van der Waals surface area contributed by atoms with Crippen molar-refractivity contribution in [2.75, 3.05) is 0 Å². The van der Waals surface area contributed by atoms with E-state index in [4.69, 9.17) is 22.3 Å². The lowest BCUT2D eigenvalue weighted by Crippen LogP contribution is -2.54. The van der Waals surface area contributed by atoms with Crippen molar-refractivity contribution in [3.63, 3.8) is 0 Å². The molecule has 7 heteroatoms. The van der Waals surface area contributed by atoms with Crippen LogP contribution in [0.5, 0.6) is 0 Å². The molecule has 0 rings (SSSR count). The molecule has 0 unspecified atom stereocenters. The molecule has 0 saturated carbocycles. The molecule has 80 valence electrons. The zero-order chi connectivity index (χ0) is 11.2. The highest BCUT2D eigenvalue weighted by molar-refractivity contribution is 8.04. The normalized spacial score (nSPS) is 13.6. The van der Waals surface area contributed by atoms with Crippen LogP contribution in [0.15, 0.2) is 16.1 Å². The summed E-state index contributed by atoms with van der Waals surface area (Å²) in [5.41, 5.74) is 15.9. The number of carboxylic acid groups (broad SMARTS) is 1.